The van der Waals surface area contributed by atoms with Gasteiger partial charge in [-0.2, -0.15) is 0 Å². The Kier molecular flexibility index (Phi) is 5.09. The number of hydrogen-bond acceptors (Lipinski definition) is 3. The molecule has 4 nitrogen and oxygen atoms in total. The first-order chi connectivity index (χ1) is 11.9. The van der Waals surface area contributed by atoms with Gasteiger partial charge in [-0.3, -0.25) is 4.79 Å². The number of hydrogen-bond donors (Lipinski definition) is 0. The Labute approximate surface area is 149 Å². The van der Waals surface area contributed by atoms with Gasteiger partial charge in [0.15, 0.2) is 0 Å². The number of amides is 1. The van der Waals surface area contributed by atoms with E-state index in [-0.39, 0.29) is 17.6 Å². The standard InChI is InChI=1S/C21H25NO3/c1-16-13-22(15-21(2,3)25-16)20(23)18-10-7-11-19(12-18)24-14-17-8-5-4-6-9-17/h4-12,16H,13-15H2,1-3H3. The summed E-state index contributed by atoms with van der Waals surface area (Å²) in [5, 5.41) is 0. The molecule has 1 amide bonds. The average molecular weight is 339 g/mol. The van der Waals surface area contributed by atoms with E-state index in [1.165, 1.54) is 0 Å². The molecule has 3 rings (SSSR count). The van der Waals surface area contributed by atoms with E-state index in [4.69, 9.17) is 9.47 Å². The van der Waals surface area contributed by atoms with E-state index in [0.29, 0.717) is 31.0 Å². The Morgan fingerprint density at radius 1 is 1.20 bits per heavy atom. The number of morpholine rings is 1. The molecule has 25 heavy (non-hydrogen) atoms. The zero-order valence-electron chi connectivity index (χ0n) is 15.1. The molecule has 1 unspecified atom stereocenters. The van der Waals surface area contributed by atoms with E-state index in [9.17, 15) is 4.79 Å². The normalized spacial score (nSPS) is 19.5. The van der Waals surface area contributed by atoms with Crippen LogP contribution in [0.3, 0.4) is 0 Å². The van der Waals surface area contributed by atoms with Crippen molar-refractivity contribution in [1.82, 2.24) is 4.90 Å². The Morgan fingerprint density at radius 2 is 1.96 bits per heavy atom. The summed E-state index contributed by atoms with van der Waals surface area (Å²) in [5.74, 6) is 0.726. The van der Waals surface area contributed by atoms with Crippen LogP contribution < -0.4 is 4.74 Å². The molecule has 1 aliphatic rings. The first-order valence-corrected chi connectivity index (χ1v) is 8.67. The van der Waals surface area contributed by atoms with Gasteiger partial charge in [-0.1, -0.05) is 36.4 Å². The quantitative estimate of drug-likeness (QED) is 0.848. The highest BCUT2D eigenvalue weighted by Gasteiger charge is 2.34. The van der Waals surface area contributed by atoms with Crippen molar-refractivity contribution in [2.75, 3.05) is 13.1 Å². The van der Waals surface area contributed by atoms with Gasteiger partial charge >= 0.3 is 0 Å². The van der Waals surface area contributed by atoms with Crippen LogP contribution in [0.25, 0.3) is 0 Å². The van der Waals surface area contributed by atoms with Crippen LogP contribution in [-0.2, 0) is 11.3 Å². The zero-order chi connectivity index (χ0) is 17.9. The third-order valence-electron chi connectivity index (χ3n) is 4.19. The summed E-state index contributed by atoms with van der Waals surface area (Å²) in [4.78, 5) is 14.7. The van der Waals surface area contributed by atoms with Gasteiger partial charge in [0, 0.05) is 18.7 Å². The topological polar surface area (TPSA) is 38.8 Å². The molecule has 0 spiro atoms. The van der Waals surface area contributed by atoms with Crippen molar-refractivity contribution in [2.45, 2.75) is 39.1 Å². The SMILES string of the molecule is CC1CN(C(=O)c2cccc(OCc3ccccc3)c2)CC(C)(C)O1. The van der Waals surface area contributed by atoms with E-state index in [0.717, 1.165) is 5.56 Å². The van der Waals surface area contributed by atoms with Gasteiger partial charge in [-0.25, -0.2) is 0 Å². The van der Waals surface area contributed by atoms with Crippen molar-refractivity contribution in [3.05, 3.63) is 65.7 Å². The third-order valence-corrected chi connectivity index (χ3v) is 4.19. The van der Waals surface area contributed by atoms with Crippen molar-refractivity contribution in [3.8, 4) is 5.75 Å². The fourth-order valence-electron chi connectivity index (χ4n) is 3.25. The molecule has 1 heterocycles. The van der Waals surface area contributed by atoms with Crippen molar-refractivity contribution in [2.24, 2.45) is 0 Å². The van der Waals surface area contributed by atoms with Crippen LogP contribution in [-0.4, -0.2) is 35.6 Å². The molecule has 2 aromatic carbocycles. The monoisotopic (exact) mass is 339 g/mol. The van der Waals surface area contributed by atoms with Gasteiger partial charge in [-0.05, 0) is 44.5 Å². The second-order valence-corrected chi connectivity index (χ2v) is 7.18. The fourth-order valence-corrected chi connectivity index (χ4v) is 3.25. The maximum atomic E-state index is 12.9. The van der Waals surface area contributed by atoms with Gasteiger partial charge < -0.3 is 14.4 Å². The van der Waals surface area contributed by atoms with Crippen LogP contribution in [0.5, 0.6) is 5.75 Å². The number of carbonyl (C=O) groups excluding carboxylic acids is 1. The van der Waals surface area contributed by atoms with E-state index >= 15 is 0 Å². The maximum Gasteiger partial charge on any atom is 0.254 e. The summed E-state index contributed by atoms with van der Waals surface area (Å²) < 4.78 is 11.7. The first kappa shape index (κ1) is 17.5. The molecule has 1 fully saturated rings. The van der Waals surface area contributed by atoms with Crippen LogP contribution in [0.4, 0.5) is 0 Å². The van der Waals surface area contributed by atoms with E-state index in [1.807, 2.05) is 80.3 Å². The molecule has 0 N–H and O–H groups in total. The molecule has 1 saturated heterocycles. The second kappa shape index (κ2) is 7.28. The summed E-state index contributed by atoms with van der Waals surface area (Å²) in [7, 11) is 0. The maximum absolute atomic E-state index is 12.9. The number of ether oxygens (including phenoxy) is 2. The molecule has 2 aromatic rings. The molecule has 0 bridgehead atoms. The molecule has 0 saturated carbocycles. The summed E-state index contributed by atoms with van der Waals surface area (Å²) >= 11 is 0. The Bertz CT molecular complexity index is 727. The van der Waals surface area contributed by atoms with Crippen LogP contribution in [0.2, 0.25) is 0 Å². The second-order valence-electron chi connectivity index (χ2n) is 7.18. The molecule has 132 valence electrons. The highest BCUT2D eigenvalue weighted by atomic mass is 16.5. The lowest BCUT2D eigenvalue weighted by atomic mass is 10.0. The van der Waals surface area contributed by atoms with Crippen LogP contribution >= 0.6 is 0 Å². The molecule has 0 radical (unpaired) electrons. The van der Waals surface area contributed by atoms with Crippen LogP contribution in [0.1, 0.15) is 36.7 Å². The molecular formula is C21H25NO3. The predicted molar refractivity (Wildman–Crippen MR) is 97.7 cm³/mol. The van der Waals surface area contributed by atoms with Gasteiger partial charge in [0.25, 0.3) is 5.91 Å². The Hall–Kier alpha value is -2.33. The lowest BCUT2D eigenvalue weighted by Gasteiger charge is -2.41. The minimum absolute atomic E-state index is 0.0217. The fraction of sp³-hybridized carbons (Fsp3) is 0.381. The van der Waals surface area contributed by atoms with Crippen molar-refractivity contribution < 1.29 is 14.3 Å². The third kappa shape index (κ3) is 4.60. The van der Waals surface area contributed by atoms with Gasteiger partial charge in [0.05, 0.1) is 11.7 Å². The molecule has 1 atom stereocenters. The molecule has 0 aliphatic carbocycles. The van der Waals surface area contributed by atoms with Gasteiger partial charge in [-0.15, -0.1) is 0 Å². The van der Waals surface area contributed by atoms with Crippen molar-refractivity contribution in [3.63, 3.8) is 0 Å². The number of rotatable bonds is 4. The summed E-state index contributed by atoms with van der Waals surface area (Å²) in [6.07, 6.45) is 0.0326. The minimum Gasteiger partial charge on any atom is -0.489 e. The summed E-state index contributed by atoms with van der Waals surface area (Å²) in [5.41, 5.74) is 1.42. The summed E-state index contributed by atoms with van der Waals surface area (Å²) in [6, 6.07) is 17.4. The van der Waals surface area contributed by atoms with Gasteiger partial charge in [0.2, 0.25) is 0 Å². The van der Waals surface area contributed by atoms with E-state index < -0.39 is 0 Å². The van der Waals surface area contributed by atoms with Crippen LogP contribution in [0, 0.1) is 0 Å². The lowest BCUT2D eigenvalue weighted by Crippen LogP contribution is -2.53. The molecule has 1 aliphatic heterocycles. The Morgan fingerprint density at radius 3 is 2.68 bits per heavy atom. The lowest BCUT2D eigenvalue weighted by molar-refractivity contribution is -0.118. The highest BCUT2D eigenvalue weighted by Crippen LogP contribution is 2.23. The van der Waals surface area contributed by atoms with E-state index in [1.54, 1.807) is 0 Å². The number of carbonyl (C=O) groups is 1. The average Bonchev–Trinajstić information content (AvgIpc) is 2.59. The van der Waals surface area contributed by atoms with E-state index in [2.05, 4.69) is 0 Å². The highest BCUT2D eigenvalue weighted by molar-refractivity contribution is 5.94. The van der Waals surface area contributed by atoms with Gasteiger partial charge in [0.1, 0.15) is 12.4 Å². The number of nitrogens with zero attached hydrogens (tertiary/aromatic N) is 1. The van der Waals surface area contributed by atoms with Crippen molar-refractivity contribution >= 4 is 5.91 Å². The summed E-state index contributed by atoms with van der Waals surface area (Å²) in [6.45, 7) is 7.72. The molecule has 0 aromatic heterocycles. The number of benzene rings is 2. The minimum atomic E-state index is -0.325. The smallest absolute Gasteiger partial charge is 0.254 e. The Balaban J connectivity index is 1.69. The van der Waals surface area contributed by atoms with Crippen molar-refractivity contribution in [1.29, 1.82) is 0 Å². The first-order valence-electron chi connectivity index (χ1n) is 8.67. The molecular weight excluding hydrogens is 314 g/mol. The predicted octanol–water partition coefficient (Wildman–Crippen LogP) is 3.91. The van der Waals surface area contributed by atoms with Crippen LogP contribution in [0.15, 0.2) is 54.6 Å². The zero-order valence-corrected chi connectivity index (χ0v) is 15.1. The molecule has 4 heteroatoms. The largest absolute Gasteiger partial charge is 0.489 e.